The number of nitriles is 1. The maximum Gasteiger partial charge on any atom is 0.250 e. The number of anilines is 1. The van der Waals surface area contributed by atoms with Crippen LogP contribution in [0.4, 0.5) is 5.69 Å². The van der Waals surface area contributed by atoms with E-state index in [0.29, 0.717) is 12.0 Å². The Kier molecular flexibility index (Phi) is 6.64. The molecular weight excluding hydrogens is 450 g/mol. The van der Waals surface area contributed by atoms with E-state index in [0.717, 1.165) is 64.4 Å². The van der Waals surface area contributed by atoms with Crippen molar-refractivity contribution in [3.05, 3.63) is 89.1 Å². The summed E-state index contributed by atoms with van der Waals surface area (Å²) in [6.45, 7) is 4.39. The van der Waals surface area contributed by atoms with Crippen LogP contribution < -0.4 is 19.7 Å². The fraction of sp³-hybridized carbons (Fsp3) is 0.267. The number of hydrogen-bond donors (Lipinski definition) is 1. The smallest absolute Gasteiger partial charge is 0.250 e. The molecule has 0 spiro atoms. The van der Waals surface area contributed by atoms with Gasteiger partial charge >= 0.3 is 0 Å². The van der Waals surface area contributed by atoms with Gasteiger partial charge in [0.25, 0.3) is 5.91 Å². The molecule has 0 saturated carbocycles. The molecule has 6 heteroatoms. The van der Waals surface area contributed by atoms with Gasteiger partial charge in [-0.3, -0.25) is 4.79 Å². The van der Waals surface area contributed by atoms with Crippen LogP contribution in [0.25, 0.3) is 11.1 Å². The van der Waals surface area contributed by atoms with Crippen molar-refractivity contribution < 1.29 is 14.3 Å². The molecule has 3 aromatic rings. The zero-order chi connectivity index (χ0) is 25.1. The molecule has 0 aliphatic carbocycles. The Morgan fingerprint density at radius 3 is 2.61 bits per heavy atom. The summed E-state index contributed by atoms with van der Waals surface area (Å²) in [5.41, 5.74) is 6.39. The molecule has 3 aromatic carbocycles. The van der Waals surface area contributed by atoms with Crippen molar-refractivity contribution in [3.8, 4) is 28.7 Å². The van der Waals surface area contributed by atoms with Gasteiger partial charge in [-0.05, 0) is 54.7 Å². The Morgan fingerprint density at radius 2 is 1.83 bits per heavy atom. The number of nitrogens with one attached hydrogen (secondary N) is 1. The second kappa shape index (κ2) is 10.2. The van der Waals surface area contributed by atoms with E-state index in [4.69, 9.17) is 9.47 Å². The highest BCUT2D eigenvalue weighted by Crippen LogP contribution is 2.39. The maximum absolute atomic E-state index is 13.2. The first-order valence-corrected chi connectivity index (χ1v) is 12.4. The van der Waals surface area contributed by atoms with E-state index in [2.05, 4.69) is 23.2 Å². The van der Waals surface area contributed by atoms with Gasteiger partial charge in [0, 0.05) is 29.4 Å². The van der Waals surface area contributed by atoms with E-state index in [1.165, 1.54) is 0 Å². The van der Waals surface area contributed by atoms with E-state index >= 15 is 0 Å². The summed E-state index contributed by atoms with van der Waals surface area (Å²) in [5, 5.41) is 12.6. The van der Waals surface area contributed by atoms with Crippen molar-refractivity contribution in [3.63, 3.8) is 0 Å². The predicted molar refractivity (Wildman–Crippen MR) is 139 cm³/mol. The van der Waals surface area contributed by atoms with Gasteiger partial charge < -0.3 is 19.7 Å². The van der Waals surface area contributed by atoms with Crippen LogP contribution in [0.1, 0.15) is 44.2 Å². The summed E-state index contributed by atoms with van der Waals surface area (Å²) in [6.07, 6.45) is 3.18. The predicted octanol–water partition coefficient (Wildman–Crippen LogP) is 5.92. The summed E-state index contributed by atoms with van der Waals surface area (Å²) in [7, 11) is 0. The number of allylic oxidation sites excluding steroid dienone is 1. The molecule has 5 rings (SSSR count). The van der Waals surface area contributed by atoms with Gasteiger partial charge in [-0.1, -0.05) is 55.8 Å². The van der Waals surface area contributed by atoms with Crippen LogP contribution in [-0.4, -0.2) is 18.9 Å². The first kappa shape index (κ1) is 23.5. The summed E-state index contributed by atoms with van der Waals surface area (Å²) in [5.74, 6) is 1.44. The van der Waals surface area contributed by atoms with E-state index in [-0.39, 0.29) is 18.9 Å². The monoisotopic (exact) mass is 479 g/mol. The molecule has 0 saturated heterocycles. The second-order valence-corrected chi connectivity index (χ2v) is 9.12. The van der Waals surface area contributed by atoms with E-state index in [9.17, 15) is 10.1 Å². The standard InChI is InChI=1S/C30H29N3O3/c1-3-4-9-27-26(16-21-10-12-22(13-11-21)25-8-6-5-7-23(25)18-31)30(34)32-20(2)33(27)24-14-15-28-29(17-24)36-19-35-28/h5-8,10-15,17,20H,3-4,9,16,19H2,1-2H3,(H,32,34). The number of unbranched alkanes of at least 4 members (excludes halogenated alkanes) is 1. The molecule has 0 bridgehead atoms. The molecule has 36 heavy (non-hydrogen) atoms. The number of fused-ring (bicyclic) bond motifs is 1. The molecule has 0 aromatic heterocycles. The quantitative estimate of drug-likeness (QED) is 0.455. The zero-order valence-corrected chi connectivity index (χ0v) is 20.6. The molecule has 1 atom stereocenters. The van der Waals surface area contributed by atoms with Gasteiger partial charge in [0.2, 0.25) is 6.79 Å². The van der Waals surface area contributed by atoms with Gasteiger partial charge in [0.1, 0.15) is 6.17 Å². The molecule has 182 valence electrons. The third-order valence-electron chi connectivity index (χ3n) is 6.74. The number of hydrogen-bond acceptors (Lipinski definition) is 5. The molecule has 0 radical (unpaired) electrons. The summed E-state index contributed by atoms with van der Waals surface area (Å²) in [4.78, 5) is 15.5. The van der Waals surface area contributed by atoms with Crippen LogP contribution in [0.15, 0.2) is 78.0 Å². The number of carbonyl (C=O) groups excluding carboxylic acids is 1. The lowest BCUT2D eigenvalue weighted by Crippen LogP contribution is -2.52. The van der Waals surface area contributed by atoms with Crippen LogP contribution in [0.3, 0.4) is 0 Å². The number of amides is 1. The van der Waals surface area contributed by atoms with E-state index in [1.807, 2.05) is 73.7 Å². The van der Waals surface area contributed by atoms with Crippen molar-refractivity contribution in [2.75, 3.05) is 11.7 Å². The summed E-state index contributed by atoms with van der Waals surface area (Å²) < 4.78 is 11.1. The van der Waals surface area contributed by atoms with Crippen molar-refractivity contribution in [2.45, 2.75) is 45.7 Å². The van der Waals surface area contributed by atoms with Gasteiger partial charge in [0.15, 0.2) is 11.5 Å². The highest BCUT2D eigenvalue weighted by Gasteiger charge is 2.32. The van der Waals surface area contributed by atoms with Crippen LogP contribution >= 0.6 is 0 Å². The fourth-order valence-corrected chi connectivity index (χ4v) is 4.90. The Bertz CT molecular complexity index is 1350. The molecule has 1 amide bonds. The van der Waals surface area contributed by atoms with Crippen molar-refractivity contribution in [1.82, 2.24) is 5.32 Å². The lowest BCUT2D eigenvalue weighted by molar-refractivity contribution is -0.118. The number of rotatable bonds is 7. The average Bonchev–Trinajstić information content (AvgIpc) is 3.37. The Labute approximate surface area is 211 Å². The molecular formula is C30H29N3O3. The minimum absolute atomic E-state index is 0.0236. The molecule has 2 heterocycles. The highest BCUT2D eigenvalue weighted by molar-refractivity contribution is 5.97. The van der Waals surface area contributed by atoms with E-state index in [1.54, 1.807) is 0 Å². The minimum atomic E-state index is -0.182. The van der Waals surface area contributed by atoms with Crippen LogP contribution in [-0.2, 0) is 11.2 Å². The molecule has 6 nitrogen and oxygen atoms in total. The van der Waals surface area contributed by atoms with Gasteiger partial charge in [0.05, 0.1) is 11.6 Å². The highest BCUT2D eigenvalue weighted by atomic mass is 16.7. The first-order chi connectivity index (χ1) is 17.6. The van der Waals surface area contributed by atoms with Crippen LogP contribution in [0, 0.1) is 11.3 Å². The van der Waals surface area contributed by atoms with Crippen molar-refractivity contribution in [2.24, 2.45) is 0 Å². The minimum Gasteiger partial charge on any atom is -0.454 e. The van der Waals surface area contributed by atoms with Crippen LogP contribution in [0.5, 0.6) is 11.5 Å². The molecule has 1 unspecified atom stereocenters. The topological polar surface area (TPSA) is 74.6 Å². The largest absolute Gasteiger partial charge is 0.454 e. The third kappa shape index (κ3) is 4.52. The lowest BCUT2D eigenvalue weighted by Gasteiger charge is -2.39. The zero-order valence-electron chi connectivity index (χ0n) is 20.6. The normalized spacial score (nSPS) is 16.6. The Balaban J connectivity index is 1.50. The number of benzene rings is 3. The molecule has 2 aliphatic heterocycles. The molecule has 0 fully saturated rings. The molecule has 1 N–H and O–H groups in total. The van der Waals surface area contributed by atoms with Crippen molar-refractivity contribution >= 4 is 11.6 Å². The lowest BCUT2D eigenvalue weighted by atomic mass is 9.94. The summed E-state index contributed by atoms with van der Waals surface area (Å²) in [6, 6.07) is 23.9. The third-order valence-corrected chi connectivity index (χ3v) is 6.74. The SMILES string of the molecule is CCCCC1=C(Cc2ccc(-c3ccccc3C#N)cc2)C(=O)NC(C)N1c1ccc2c(c1)OCO2. The van der Waals surface area contributed by atoms with Gasteiger partial charge in [-0.25, -0.2) is 0 Å². The summed E-state index contributed by atoms with van der Waals surface area (Å²) >= 11 is 0. The number of carbonyl (C=O) groups is 1. The first-order valence-electron chi connectivity index (χ1n) is 12.4. The maximum atomic E-state index is 13.2. The number of nitrogens with zero attached hydrogens (tertiary/aromatic N) is 2. The van der Waals surface area contributed by atoms with E-state index < -0.39 is 0 Å². The average molecular weight is 480 g/mol. The molecule has 2 aliphatic rings. The Morgan fingerprint density at radius 1 is 1.06 bits per heavy atom. The van der Waals surface area contributed by atoms with Gasteiger partial charge in [-0.15, -0.1) is 0 Å². The fourth-order valence-electron chi connectivity index (χ4n) is 4.90. The van der Waals surface area contributed by atoms with Crippen molar-refractivity contribution in [1.29, 1.82) is 5.26 Å². The van der Waals surface area contributed by atoms with Crippen LogP contribution in [0.2, 0.25) is 0 Å². The second-order valence-electron chi connectivity index (χ2n) is 9.12. The van der Waals surface area contributed by atoms with Gasteiger partial charge in [-0.2, -0.15) is 5.26 Å². The Hall–Kier alpha value is -4.24. The number of ether oxygens (including phenoxy) is 2.